The van der Waals surface area contributed by atoms with Crippen molar-refractivity contribution in [3.8, 4) is 11.8 Å². The number of carbonyl (C=O) groups is 2. The first kappa shape index (κ1) is 44.4. The predicted octanol–water partition coefficient (Wildman–Crippen LogP) is 1.44. The quantitative estimate of drug-likeness (QED) is 0.0959. The Bertz CT molecular complexity index is 1680. The minimum Gasteiger partial charge on any atom is -0.870 e. The Hall–Kier alpha value is -3.56. The molecule has 2 aromatic carbocycles. The molecule has 20 heteroatoms. The van der Waals surface area contributed by atoms with Crippen LogP contribution in [0.4, 0.5) is 20.4 Å². The van der Waals surface area contributed by atoms with Crippen LogP contribution in [0.2, 0.25) is 0 Å². The van der Waals surface area contributed by atoms with E-state index in [9.17, 15) is 18.4 Å². The largest absolute Gasteiger partial charge is 1.00 e. The number of aliphatic hydroxyl groups is 2. The number of halogens is 4. The number of aromatic carboxylic acids is 1. The first-order valence-electron chi connectivity index (χ1n) is 12.7. The number of nitrogens with two attached hydrogens (primary N) is 2. The summed E-state index contributed by atoms with van der Waals surface area (Å²) < 4.78 is 43.5. The third-order valence-electron chi connectivity index (χ3n) is 5.59. The van der Waals surface area contributed by atoms with Gasteiger partial charge < -0.3 is 46.5 Å². The van der Waals surface area contributed by atoms with E-state index in [-0.39, 0.29) is 75.1 Å². The predicted molar refractivity (Wildman–Crippen MR) is 169 cm³/mol. The second-order valence-corrected chi connectivity index (χ2v) is 10.3. The molecule has 2 atom stereocenters. The molecule has 2 heterocycles. The molecule has 0 bridgehead atoms. The topological polar surface area (TPSA) is 256 Å². The zero-order valence-electron chi connectivity index (χ0n) is 25.8. The van der Waals surface area contributed by atoms with E-state index in [1.165, 1.54) is 43.8 Å². The summed E-state index contributed by atoms with van der Waals surface area (Å²) >= 11 is 6.29. The van der Waals surface area contributed by atoms with Gasteiger partial charge in [-0.1, -0.05) is 0 Å². The summed E-state index contributed by atoms with van der Waals surface area (Å²) in [5.41, 5.74) is 12.0. The molecule has 0 fully saturated rings. The molecule has 0 radical (unpaired) electrons. The van der Waals surface area contributed by atoms with E-state index >= 15 is 0 Å². The number of esters is 1. The maximum absolute atomic E-state index is 13.5. The minimum absolute atomic E-state index is 0. The number of aliphatic hydroxyl groups excluding tert-OH is 1. The van der Waals surface area contributed by atoms with E-state index in [2.05, 4.69) is 56.5 Å². The van der Waals surface area contributed by atoms with Gasteiger partial charge in [0.15, 0.2) is 11.6 Å². The Balaban J connectivity index is 0.000000820. The SMILES string of the molecule is COC(=O)c1ccc(F)cc1[C@@H](C)Oc1nc(Br)cnc1N.C[C@@H](Oc1nc(Br)cnc1N)c1cc(F)ccc1C(=O)O.OCO.[Na+].[OH-]. The van der Waals surface area contributed by atoms with Crippen LogP contribution in [0.3, 0.4) is 0 Å². The van der Waals surface area contributed by atoms with Crippen LogP contribution in [0.25, 0.3) is 0 Å². The van der Waals surface area contributed by atoms with Gasteiger partial charge in [0.2, 0.25) is 0 Å². The third-order valence-corrected chi connectivity index (χ3v) is 6.36. The Kier molecular flexibility index (Phi) is 19.8. The third kappa shape index (κ3) is 13.2. The average Bonchev–Trinajstić information content (AvgIpc) is 3.00. The number of nitrogen functional groups attached to an aromatic ring is 2. The van der Waals surface area contributed by atoms with Gasteiger partial charge in [0.05, 0.1) is 30.6 Å². The first-order valence-corrected chi connectivity index (χ1v) is 14.3. The van der Waals surface area contributed by atoms with Crippen molar-refractivity contribution in [3.05, 3.63) is 91.9 Å². The van der Waals surface area contributed by atoms with E-state index in [4.69, 9.17) is 36.3 Å². The van der Waals surface area contributed by atoms with Gasteiger partial charge in [-0.3, -0.25) is 0 Å². The number of rotatable bonds is 8. The van der Waals surface area contributed by atoms with Crippen LogP contribution in [0.1, 0.15) is 57.9 Å². The number of aromatic nitrogens is 4. The zero-order chi connectivity index (χ0) is 34.6. The molecule has 4 aromatic rings. The van der Waals surface area contributed by atoms with Crippen molar-refractivity contribution in [1.29, 1.82) is 0 Å². The van der Waals surface area contributed by atoms with Crippen LogP contribution in [0, 0.1) is 11.6 Å². The molecule has 4 rings (SSSR count). The number of hydrogen-bond donors (Lipinski definition) is 5. The molecule has 2 aromatic heterocycles. The summed E-state index contributed by atoms with van der Waals surface area (Å²) in [4.78, 5) is 38.7. The van der Waals surface area contributed by atoms with E-state index in [1.807, 2.05) is 0 Å². The van der Waals surface area contributed by atoms with Crippen molar-refractivity contribution in [2.75, 3.05) is 25.4 Å². The van der Waals surface area contributed by atoms with Crippen molar-refractivity contribution >= 4 is 55.4 Å². The molecule has 0 amide bonds. The molecular formula is C28H29Br2F2N6NaO9. The van der Waals surface area contributed by atoms with Crippen LogP contribution in [-0.2, 0) is 4.74 Å². The van der Waals surface area contributed by atoms with Crippen molar-refractivity contribution < 1.29 is 82.9 Å². The molecule has 0 spiro atoms. The van der Waals surface area contributed by atoms with Crippen molar-refractivity contribution in [2.45, 2.75) is 26.1 Å². The van der Waals surface area contributed by atoms with Gasteiger partial charge in [-0.2, -0.15) is 0 Å². The van der Waals surface area contributed by atoms with Gasteiger partial charge >= 0.3 is 41.5 Å². The van der Waals surface area contributed by atoms with Crippen molar-refractivity contribution in [1.82, 2.24) is 19.9 Å². The fraction of sp³-hybridized carbons (Fsp3) is 0.214. The summed E-state index contributed by atoms with van der Waals surface area (Å²) in [5.74, 6) is -2.54. The van der Waals surface area contributed by atoms with E-state index < -0.39 is 42.6 Å². The molecule has 0 saturated carbocycles. The van der Waals surface area contributed by atoms with E-state index in [0.29, 0.717) is 14.8 Å². The average molecular weight is 814 g/mol. The van der Waals surface area contributed by atoms with E-state index in [0.717, 1.165) is 12.1 Å². The first-order chi connectivity index (χ1) is 21.7. The number of benzene rings is 2. The molecule has 0 saturated heterocycles. The molecule has 48 heavy (non-hydrogen) atoms. The van der Waals surface area contributed by atoms with Crippen molar-refractivity contribution in [2.24, 2.45) is 0 Å². The monoisotopic (exact) mass is 812 g/mol. The summed E-state index contributed by atoms with van der Waals surface area (Å²) in [7, 11) is 1.25. The number of nitrogens with zero attached hydrogens (tertiary/aromatic N) is 4. The number of hydrogen-bond acceptors (Lipinski definition) is 14. The molecular weight excluding hydrogens is 785 g/mol. The summed E-state index contributed by atoms with van der Waals surface area (Å²) in [6, 6.07) is 7.09. The Morgan fingerprint density at radius 3 is 1.58 bits per heavy atom. The van der Waals surface area contributed by atoms with Crippen LogP contribution in [-0.4, -0.2) is 66.6 Å². The van der Waals surface area contributed by atoms with Gasteiger partial charge in [-0.25, -0.2) is 38.3 Å². The van der Waals surface area contributed by atoms with Gasteiger partial charge in [0.25, 0.3) is 11.8 Å². The Labute approximate surface area is 311 Å². The summed E-state index contributed by atoms with van der Waals surface area (Å²) in [5, 5.41) is 23.4. The fourth-order valence-electron chi connectivity index (χ4n) is 3.59. The maximum atomic E-state index is 13.5. The molecule has 15 nitrogen and oxygen atoms in total. The number of carboxylic acids is 1. The number of carbonyl (C=O) groups excluding carboxylic acids is 1. The molecule has 8 N–H and O–H groups in total. The zero-order valence-corrected chi connectivity index (χ0v) is 30.9. The Morgan fingerprint density at radius 2 is 1.21 bits per heavy atom. The molecule has 0 aliphatic rings. The minimum atomic E-state index is -1.17. The van der Waals surface area contributed by atoms with Gasteiger partial charge in [0.1, 0.15) is 39.8 Å². The maximum Gasteiger partial charge on any atom is 1.00 e. The van der Waals surface area contributed by atoms with E-state index in [1.54, 1.807) is 13.8 Å². The van der Waals surface area contributed by atoms with Crippen molar-refractivity contribution in [3.63, 3.8) is 0 Å². The second-order valence-electron chi connectivity index (χ2n) is 8.69. The molecule has 0 aliphatic heterocycles. The molecule has 0 aliphatic carbocycles. The number of anilines is 2. The summed E-state index contributed by atoms with van der Waals surface area (Å²) in [6.45, 7) is 2.46. The second kappa shape index (κ2) is 21.4. The smallest absolute Gasteiger partial charge is 0.870 e. The standard InChI is InChI=1S/C14H13BrFN3O3.C13H11BrFN3O3.CH4O2.Na.H2O/c1-7(22-13-12(17)18-6-11(15)19-13)10-5-8(16)3-4-9(10)14(20)21-2;1-6(21-12-11(16)17-5-10(14)18-12)9-4-7(15)2-3-8(9)13(19)20;2-1-3;;/h3-7H,1-2H3,(H2,17,18);2-6H,1H3,(H2,16,17)(H,19,20);2-3H,1H2;;1H2/q;;;+1;/p-1/t7-;6-;;;/m11.../s1. The fourth-order valence-corrected chi connectivity index (χ4v) is 4.11. The van der Waals surface area contributed by atoms with Crippen LogP contribution >= 0.6 is 31.9 Å². The van der Waals surface area contributed by atoms with Crippen LogP contribution in [0.15, 0.2) is 58.0 Å². The Morgan fingerprint density at radius 1 is 0.833 bits per heavy atom. The molecule has 0 unspecified atom stereocenters. The molecule has 254 valence electrons. The van der Waals surface area contributed by atoms with Crippen LogP contribution in [0.5, 0.6) is 11.8 Å². The number of carboxylic acid groups (broad SMARTS) is 1. The van der Waals surface area contributed by atoms with Gasteiger partial charge in [0, 0.05) is 11.1 Å². The summed E-state index contributed by atoms with van der Waals surface area (Å²) in [6.07, 6.45) is 1.38. The van der Waals surface area contributed by atoms with Gasteiger partial charge in [-0.15, -0.1) is 0 Å². The number of methoxy groups -OCH3 is 1. The van der Waals surface area contributed by atoms with Gasteiger partial charge in [-0.05, 0) is 82.1 Å². The van der Waals surface area contributed by atoms with Crippen LogP contribution < -0.4 is 50.5 Å². The normalized spacial score (nSPS) is 11.0. The number of ether oxygens (including phenoxy) is 3.